The fraction of sp³-hybridized carbons (Fsp3) is 0.667. The SMILES string of the molecule is CCCc1ccc(C(C)NCC(C)(O)CC(C)C)cc1. The Kier molecular flexibility index (Phi) is 6.70. The lowest BCUT2D eigenvalue weighted by atomic mass is 9.93. The van der Waals surface area contributed by atoms with Crippen molar-refractivity contribution in [2.24, 2.45) is 5.92 Å². The van der Waals surface area contributed by atoms with E-state index >= 15 is 0 Å². The molecule has 2 unspecified atom stereocenters. The van der Waals surface area contributed by atoms with Gasteiger partial charge in [-0.3, -0.25) is 0 Å². The summed E-state index contributed by atoms with van der Waals surface area (Å²) in [6, 6.07) is 9.08. The molecule has 0 aliphatic carbocycles. The highest BCUT2D eigenvalue weighted by Crippen LogP contribution is 2.18. The summed E-state index contributed by atoms with van der Waals surface area (Å²) in [5, 5.41) is 13.8. The third-order valence-electron chi connectivity index (χ3n) is 3.66. The zero-order valence-corrected chi connectivity index (χ0v) is 13.7. The average Bonchev–Trinajstić information content (AvgIpc) is 2.36. The van der Waals surface area contributed by atoms with Crippen LogP contribution < -0.4 is 5.32 Å². The molecular formula is C18H31NO. The van der Waals surface area contributed by atoms with Crippen LogP contribution in [0, 0.1) is 5.92 Å². The van der Waals surface area contributed by atoms with Gasteiger partial charge in [0.25, 0.3) is 0 Å². The first-order valence-electron chi connectivity index (χ1n) is 7.88. The predicted molar refractivity (Wildman–Crippen MR) is 86.9 cm³/mol. The fourth-order valence-electron chi connectivity index (χ4n) is 2.70. The van der Waals surface area contributed by atoms with Crippen LogP contribution in [0.15, 0.2) is 24.3 Å². The predicted octanol–water partition coefficient (Wildman–Crippen LogP) is 4.09. The summed E-state index contributed by atoms with van der Waals surface area (Å²) in [6.45, 7) is 11.2. The van der Waals surface area contributed by atoms with Crippen molar-refractivity contribution in [1.82, 2.24) is 5.32 Å². The van der Waals surface area contributed by atoms with Gasteiger partial charge in [0.2, 0.25) is 0 Å². The van der Waals surface area contributed by atoms with Gasteiger partial charge in [-0.2, -0.15) is 0 Å². The molecule has 0 amide bonds. The van der Waals surface area contributed by atoms with E-state index in [9.17, 15) is 5.11 Å². The Labute approximate surface area is 124 Å². The van der Waals surface area contributed by atoms with E-state index in [1.807, 2.05) is 6.92 Å². The molecular weight excluding hydrogens is 246 g/mol. The molecule has 0 spiro atoms. The number of benzene rings is 1. The van der Waals surface area contributed by atoms with Gasteiger partial charge < -0.3 is 10.4 Å². The van der Waals surface area contributed by atoms with E-state index in [0.29, 0.717) is 12.5 Å². The monoisotopic (exact) mass is 277 g/mol. The van der Waals surface area contributed by atoms with Crippen molar-refractivity contribution in [3.05, 3.63) is 35.4 Å². The first-order chi connectivity index (χ1) is 9.34. The fourth-order valence-corrected chi connectivity index (χ4v) is 2.70. The minimum atomic E-state index is -0.634. The summed E-state index contributed by atoms with van der Waals surface area (Å²) in [5.41, 5.74) is 2.05. The van der Waals surface area contributed by atoms with Crippen LogP contribution in [0.3, 0.4) is 0 Å². The van der Waals surface area contributed by atoms with Crippen LogP contribution in [0.1, 0.15) is 64.6 Å². The second-order valence-electron chi connectivity index (χ2n) is 6.69. The summed E-state index contributed by atoms with van der Waals surface area (Å²) in [4.78, 5) is 0. The van der Waals surface area contributed by atoms with Crippen LogP contribution in [0.4, 0.5) is 0 Å². The summed E-state index contributed by atoms with van der Waals surface area (Å²) in [7, 11) is 0. The molecule has 2 N–H and O–H groups in total. The normalized spacial score (nSPS) is 16.1. The molecule has 0 aliphatic rings. The van der Waals surface area contributed by atoms with Crippen LogP contribution in [0.2, 0.25) is 0 Å². The van der Waals surface area contributed by atoms with Gasteiger partial charge in [0.15, 0.2) is 0 Å². The van der Waals surface area contributed by atoms with E-state index in [2.05, 4.69) is 57.3 Å². The zero-order valence-electron chi connectivity index (χ0n) is 13.7. The van der Waals surface area contributed by atoms with Gasteiger partial charge >= 0.3 is 0 Å². The van der Waals surface area contributed by atoms with Gasteiger partial charge in [0.1, 0.15) is 0 Å². The Morgan fingerprint density at radius 1 is 1.15 bits per heavy atom. The maximum absolute atomic E-state index is 10.3. The van der Waals surface area contributed by atoms with E-state index < -0.39 is 5.60 Å². The van der Waals surface area contributed by atoms with E-state index in [4.69, 9.17) is 0 Å². The number of hydrogen-bond acceptors (Lipinski definition) is 2. The third kappa shape index (κ3) is 6.06. The molecule has 20 heavy (non-hydrogen) atoms. The molecule has 1 aromatic rings. The summed E-state index contributed by atoms with van der Waals surface area (Å²) in [5.74, 6) is 0.510. The third-order valence-corrected chi connectivity index (χ3v) is 3.66. The Balaban J connectivity index is 2.51. The second-order valence-corrected chi connectivity index (χ2v) is 6.69. The molecule has 2 heteroatoms. The highest BCUT2D eigenvalue weighted by atomic mass is 16.3. The lowest BCUT2D eigenvalue weighted by Gasteiger charge is -2.27. The van der Waals surface area contributed by atoms with Crippen molar-refractivity contribution >= 4 is 0 Å². The number of rotatable bonds is 8. The Morgan fingerprint density at radius 3 is 2.25 bits per heavy atom. The van der Waals surface area contributed by atoms with E-state index in [1.165, 1.54) is 17.5 Å². The standard InChI is InChI=1S/C18H31NO/c1-6-7-16-8-10-17(11-9-16)15(4)19-13-18(5,20)12-14(2)3/h8-11,14-15,19-20H,6-7,12-13H2,1-5H3. The first kappa shape index (κ1) is 17.2. The van der Waals surface area contributed by atoms with Gasteiger partial charge in [-0.25, -0.2) is 0 Å². The van der Waals surface area contributed by atoms with Crippen molar-refractivity contribution in [2.45, 2.75) is 65.5 Å². The Morgan fingerprint density at radius 2 is 1.75 bits per heavy atom. The average molecular weight is 277 g/mol. The van der Waals surface area contributed by atoms with Crippen molar-refractivity contribution in [1.29, 1.82) is 0 Å². The topological polar surface area (TPSA) is 32.3 Å². The second kappa shape index (κ2) is 7.80. The van der Waals surface area contributed by atoms with Crippen LogP contribution >= 0.6 is 0 Å². The van der Waals surface area contributed by atoms with Crippen molar-refractivity contribution in [3.8, 4) is 0 Å². The van der Waals surface area contributed by atoms with Gasteiger partial charge in [-0.1, -0.05) is 51.5 Å². The van der Waals surface area contributed by atoms with Crippen molar-refractivity contribution in [2.75, 3.05) is 6.54 Å². The maximum atomic E-state index is 10.3. The van der Waals surface area contributed by atoms with Crippen molar-refractivity contribution in [3.63, 3.8) is 0 Å². The van der Waals surface area contributed by atoms with E-state index in [0.717, 1.165) is 12.8 Å². The quantitative estimate of drug-likeness (QED) is 0.750. The number of nitrogens with one attached hydrogen (secondary N) is 1. The molecule has 0 saturated carbocycles. The molecule has 0 aliphatic heterocycles. The molecule has 2 atom stereocenters. The molecule has 114 valence electrons. The van der Waals surface area contributed by atoms with E-state index in [1.54, 1.807) is 0 Å². The first-order valence-corrected chi connectivity index (χ1v) is 7.88. The summed E-state index contributed by atoms with van der Waals surface area (Å²) >= 11 is 0. The lowest BCUT2D eigenvalue weighted by molar-refractivity contribution is 0.0363. The smallest absolute Gasteiger partial charge is 0.0746 e. The number of hydrogen-bond donors (Lipinski definition) is 2. The van der Waals surface area contributed by atoms with Gasteiger partial charge in [0.05, 0.1) is 5.60 Å². The molecule has 0 saturated heterocycles. The zero-order chi connectivity index (χ0) is 15.2. The number of aryl methyl sites for hydroxylation is 1. The minimum absolute atomic E-state index is 0.268. The van der Waals surface area contributed by atoms with Crippen LogP contribution in [-0.4, -0.2) is 17.3 Å². The molecule has 0 heterocycles. The van der Waals surface area contributed by atoms with E-state index in [-0.39, 0.29) is 6.04 Å². The van der Waals surface area contributed by atoms with Crippen LogP contribution in [0.25, 0.3) is 0 Å². The molecule has 0 fully saturated rings. The molecule has 1 rings (SSSR count). The molecule has 1 aromatic carbocycles. The van der Waals surface area contributed by atoms with Crippen molar-refractivity contribution < 1.29 is 5.11 Å². The maximum Gasteiger partial charge on any atom is 0.0746 e. The van der Waals surface area contributed by atoms with Crippen LogP contribution in [0.5, 0.6) is 0 Å². The highest BCUT2D eigenvalue weighted by Gasteiger charge is 2.22. The minimum Gasteiger partial charge on any atom is -0.389 e. The van der Waals surface area contributed by atoms with Gasteiger partial charge in [-0.05, 0) is 43.7 Å². The summed E-state index contributed by atoms with van der Waals surface area (Å²) < 4.78 is 0. The van der Waals surface area contributed by atoms with Gasteiger partial charge in [-0.15, -0.1) is 0 Å². The molecule has 0 radical (unpaired) electrons. The van der Waals surface area contributed by atoms with Gasteiger partial charge in [0, 0.05) is 12.6 Å². The number of aliphatic hydroxyl groups is 1. The lowest BCUT2D eigenvalue weighted by Crippen LogP contribution is -2.39. The molecule has 0 bridgehead atoms. The summed E-state index contributed by atoms with van der Waals surface area (Å²) in [6.07, 6.45) is 3.15. The highest BCUT2D eigenvalue weighted by molar-refractivity contribution is 5.24. The molecule has 2 nitrogen and oxygen atoms in total. The Hall–Kier alpha value is -0.860. The largest absolute Gasteiger partial charge is 0.389 e. The Bertz CT molecular complexity index is 381. The van der Waals surface area contributed by atoms with Crippen LogP contribution in [-0.2, 0) is 6.42 Å². The molecule has 0 aromatic heterocycles.